The molecule has 0 amide bonds. The summed E-state index contributed by atoms with van der Waals surface area (Å²) < 4.78 is 65.9. The molecule has 2 aromatic rings. The Kier molecular flexibility index (Phi) is 6.01. The van der Waals surface area contributed by atoms with E-state index in [1.54, 1.807) is 0 Å². The number of halogens is 4. The molecule has 1 aromatic heterocycles. The molecule has 0 fully saturated rings. The van der Waals surface area contributed by atoms with E-state index in [9.17, 15) is 21.8 Å². The van der Waals surface area contributed by atoms with Crippen LogP contribution in [0, 0.1) is 5.82 Å². The second kappa shape index (κ2) is 7.85. The first kappa shape index (κ1) is 19.9. The molecule has 0 spiro atoms. The molecule has 2 rings (SSSR count). The van der Waals surface area contributed by atoms with Crippen LogP contribution in [0.2, 0.25) is 0 Å². The van der Waals surface area contributed by atoms with Gasteiger partial charge in [0.15, 0.2) is 0 Å². The SMILES string of the molecule is CNc1ncc(C(F)(F)F)c(NCc2ccc(F)cc2N(C)S(C)=O)n1. The van der Waals surface area contributed by atoms with Crippen molar-refractivity contribution in [1.82, 2.24) is 9.97 Å². The number of anilines is 3. The molecule has 1 unspecified atom stereocenters. The molecule has 26 heavy (non-hydrogen) atoms. The molecule has 0 saturated carbocycles. The van der Waals surface area contributed by atoms with Crippen molar-refractivity contribution in [1.29, 1.82) is 0 Å². The summed E-state index contributed by atoms with van der Waals surface area (Å²) in [5.74, 6) is -0.935. The van der Waals surface area contributed by atoms with E-state index >= 15 is 0 Å². The monoisotopic (exact) mass is 391 g/mol. The Morgan fingerprint density at radius 2 is 2.00 bits per heavy atom. The number of hydrogen-bond acceptors (Lipinski definition) is 5. The number of rotatable bonds is 6. The smallest absolute Gasteiger partial charge is 0.365 e. The Morgan fingerprint density at radius 1 is 1.31 bits per heavy atom. The van der Waals surface area contributed by atoms with Crippen LogP contribution in [0.15, 0.2) is 24.4 Å². The first-order chi connectivity index (χ1) is 12.1. The van der Waals surface area contributed by atoms with Gasteiger partial charge >= 0.3 is 6.18 Å². The predicted molar refractivity (Wildman–Crippen MR) is 92.8 cm³/mol. The van der Waals surface area contributed by atoms with Gasteiger partial charge in [-0.2, -0.15) is 18.2 Å². The first-order valence-electron chi connectivity index (χ1n) is 7.35. The standard InChI is InChI=1S/C15H17F4N5OS/c1-20-14-22-8-11(15(17,18)19)13(23-14)21-7-9-4-5-10(16)6-12(9)24(2)26(3)25/h4-6,8H,7H2,1-3H3,(H2,20,21,22,23). The van der Waals surface area contributed by atoms with Crippen LogP contribution in [0.1, 0.15) is 11.1 Å². The van der Waals surface area contributed by atoms with Gasteiger partial charge in [-0.15, -0.1) is 0 Å². The summed E-state index contributed by atoms with van der Waals surface area (Å²) in [6, 6.07) is 3.76. The van der Waals surface area contributed by atoms with Crippen LogP contribution in [0.4, 0.5) is 35.0 Å². The van der Waals surface area contributed by atoms with Crippen LogP contribution in [0.5, 0.6) is 0 Å². The molecule has 0 bridgehead atoms. The van der Waals surface area contributed by atoms with Crippen molar-refractivity contribution in [3.63, 3.8) is 0 Å². The molecule has 0 aliphatic rings. The highest BCUT2D eigenvalue weighted by atomic mass is 32.2. The van der Waals surface area contributed by atoms with E-state index in [2.05, 4.69) is 20.6 Å². The summed E-state index contributed by atoms with van der Waals surface area (Å²) in [5, 5.41) is 5.17. The van der Waals surface area contributed by atoms with Crippen LogP contribution in [0.25, 0.3) is 0 Å². The first-order valence-corrected chi connectivity index (χ1v) is 8.86. The van der Waals surface area contributed by atoms with Gasteiger partial charge in [-0.1, -0.05) is 6.07 Å². The average Bonchev–Trinajstić information content (AvgIpc) is 2.58. The summed E-state index contributed by atoms with van der Waals surface area (Å²) in [5.41, 5.74) is -0.260. The molecule has 6 nitrogen and oxygen atoms in total. The lowest BCUT2D eigenvalue weighted by atomic mass is 10.1. The summed E-state index contributed by atoms with van der Waals surface area (Å²) in [7, 11) is 1.55. The number of alkyl halides is 3. The zero-order chi connectivity index (χ0) is 19.5. The summed E-state index contributed by atoms with van der Waals surface area (Å²) in [6.07, 6.45) is -2.55. The normalized spacial score (nSPS) is 12.6. The van der Waals surface area contributed by atoms with Crippen LogP contribution in [-0.2, 0) is 23.7 Å². The van der Waals surface area contributed by atoms with Crippen LogP contribution >= 0.6 is 0 Å². The highest BCUT2D eigenvalue weighted by Gasteiger charge is 2.35. The number of nitrogens with zero attached hydrogens (tertiary/aromatic N) is 3. The Labute approximate surface area is 150 Å². The van der Waals surface area contributed by atoms with Crippen molar-refractivity contribution < 1.29 is 21.8 Å². The maximum atomic E-state index is 13.5. The quantitative estimate of drug-likeness (QED) is 0.741. The molecule has 0 radical (unpaired) electrons. The molecule has 0 saturated heterocycles. The topological polar surface area (TPSA) is 70.2 Å². The van der Waals surface area contributed by atoms with E-state index in [0.29, 0.717) is 17.4 Å². The number of benzene rings is 1. The van der Waals surface area contributed by atoms with E-state index in [1.165, 1.54) is 42.9 Å². The third-order valence-corrected chi connectivity index (χ3v) is 4.50. The van der Waals surface area contributed by atoms with Gasteiger partial charge in [-0.05, 0) is 17.7 Å². The Balaban J connectivity index is 2.36. The fraction of sp³-hybridized carbons (Fsp3) is 0.333. The lowest BCUT2D eigenvalue weighted by Gasteiger charge is -2.20. The second-order valence-electron chi connectivity index (χ2n) is 5.25. The lowest BCUT2D eigenvalue weighted by Crippen LogP contribution is -2.21. The minimum absolute atomic E-state index is 0.0200. The van der Waals surface area contributed by atoms with Crippen molar-refractivity contribution in [2.45, 2.75) is 12.7 Å². The third-order valence-electron chi connectivity index (χ3n) is 3.54. The van der Waals surface area contributed by atoms with Crippen molar-refractivity contribution in [2.75, 3.05) is 35.3 Å². The number of nitrogens with one attached hydrogen (secondary N) is 2. The van der Waals surface area contributed by atoms with Crippen LogP contribution < -0.4 is 14.9 Å². The van der Waals surface area contributed by atoms with Gasteiger partial charge in [0.2, 0.25) is 5.95 Å². The van der Waals surface area contributed by atoms with E-state index in [0.717, 1.165) is 0 Å². The highest BCUT2D eigenvalue weighted by Crippen LogP contribution is 2.34. The summed E-state index contributed by atoms with van der Waals surface area (Å²) in [6.45, 7) is -0.0829. The van der Waals surface area contributed by atoms with Gasteiger partial charge in [0.25, 0.3) is 0 Å². The second-order valence-corrected chi connectivity index (χ2v) is 6.65. The van der Waals surface area contributed by atoms with Gasteiger partial charge in [0.1, 0.15) is 28.2 Å². The number of aromatic nitrogens is 2. The molecule has 1 aromatic carbocycles. The fourth-order valence-electron chi connectivity index (χ4n) is 2.14. The Morgan fingerprint density at radius 3 is 2.58 bits per heavy atom. The summed E-state index contributed by atoms with van der Waals surface area (Å²) in [4.78, 5) is 7.38. The van der Waals surface area contributed by atoms with Gasteiger partial charge in [-0.25, -0.2) is 13.6 Å². The van der Waals surface area contributed by atoms with Crippen molar-refractivity contribution >= 4 is 28.4 Å². The van der Waals surface area contributed by atoms with Crippen molar-refractivity contribution in [3.8, 4) is 0 Å². The van der Waals surface area contributed by atoms with Gasteiger partial charge in [-0.3, -0.25) is 4.31 Å². The molecule has 0 aliphatic carbocycles. The highest BCUT2D eigenvalue weighted by molar-refractivity contribution is 7.85. The molecule has 1 heterocycles. The van der Waals surface area contributed by atoms with E-state index < -0.39 is 34.4 Å². The van der Waals surface area contributed by atoms with Crippen molar-refractivity contribution in [3.05, 3.63) is 41.3 Å². The van der Waals surface area contributed by atoms with Gasteiger partial charge in [0, 0.05) is 33.1 Å². The van der Waals surface area contributed by atoms with E-state index in [4.69, 9.17) is 0 Å². The predicted octanol–water partition coefficient (Wildman–Crippen LogP) is 3.02. The Bertz CT molecular complexity index is 815. The maximum absolute atomic E-state index is 13.5. The molecule has 142 valence electrons. The molecular formula is C15H17F4N5OS. The lowest BCUT2D eigenvalue weighted by molar-refractivity contribution is -0.137. The molecule has 2 N–H and O–H groups in total. The number of hydrogen-bond donors (Lipinski definition) is 2. The van der Waals surface area contributed by atoms with Gasteiger partial charge < -0.3 is 10.6 Å². The zero-order valence-corrected chi connectivity index (χ0v) is 15.0. The van der Waals surface area contributed by atoms with Crippen LogP contribution in [0.3, 0.4) is 0 Å². The maximum Gasteiger partial charge on any atom is 0.421 e. The zero-order valence-electron chi connectivity index (χ0n) is 14.2. The van der Waals surface area contributed by atoms with Crippen LogP contribution in [-0.4, -0.2) is 34.5 Å². The van der Waals surface area contributed by atoms with Gasteiger partial charge in [0.05, 0.1) is 5.69 Å². The van der Waals surface area contributed by atoms with Crippen molar-refractivity contribution in [2.24, 2.45) is 0 Å². The summed E-state index contributed by atoms with van der Waals surface area (Å²) >= 11 is 0. The third kappa shape index (κ3) is 4.59. The molecule has 0 aliphatic heterocycles. The average molecular weight is 391 g/mol. The molecular weight excluding hydrogens is 374 g/mol. The van der Waals surface area contributed by atoms with E-state index in [-0.39, 0.29) is 12.5 Å². The fourth-order valence-corrected chi connectivity index (χ4v) is 2.59. The minimum Gasteiger partial charge on any atom is -0.365 e. The largest absolute Gasteiger partial charge is 0.421 e. The minimum atomic E-state index is -4.64. The Hall–Kier alpha value is -2.43. The molecule has 1 atom stereocenters. The molecule has 11 heteroatoms. The van der Waals surface area contributed by atoms with E-state index in [1.807, 2.05) is 0 Å².